The summed E-state index contributed by atoms with van der Waals surface area (Å²) in [6, 6.07) is 0. The highest BCUT2D eigenvalue weighted by Crippen LogP contribution is 2.24. The highest BCUT2D eigenvalue weighted by Gasteiger charge is 2.36. The van der Waals surface area contributed by atoms with E-state index in [1.54, 1.807) is 4.90 Å². The highest BCUT2D eigenvalue weighted by molar-refractivity contribution is 5.68. The molecular formula is C11H22N2O2. The van der Waals surface area contributed by atoms with E-state index in [-0.39, 0.29) is 11.7 Å². The molecule has 1 heterocycles. The second kappa shape index (κ2) is 4.84. The van der Waals surface area contributed by atoms with Crippen molar-refractivity contribution >= 4 is 6.09 Å². The summed E-state index contributed by atoms with van der Waals surface area (Å²) in [7, 11) is 2.05. The fourth-order valence-corrected chi connectivity index (χ4v) is 2.00. The summed E-state index contributed by atoms with van der Waals surface area (Å²) >= 11 is 0. The van der Waals surface area contributed by atoms with Gasteiger partial charge in [0.15, 0.2) is 0 Å². The van der Waals surface area contributed by atoms with E-state index in [0.29, 0.717) is 13.1 Å². The number of amides is 1. The van der Waals surface area contributed by atoms with E-state index in [2.05, 4.69) is 11.9 Å². The van der Waals surface area contributed by atoms with Crippen molar-refractivity contribution in [2.45, 2.75) is 32.8 Å². The van der Waals surface area contributed by atoms with Crippen LogP contribution in [0.2, 0.25) is 0 Å². The smallest absolute Gasteiger partial charge is 0.410 e. The van der Waals surface area contributed by atoms with Gasteiger partial charge in [-0.3, -0.25) is 0 Å². The fourth-order valence-electron chi connectivity index (χ4n) is 2.00. The maximum Gasteiger partial charge on any atom is 0.410 e. The van der Waals surface area contributed by atoms with Crippen LogP contribution in [0.4, 0.5) is 4.79 Å². The van der Waals surface area contributed by atoms with Crippen LogP contribution in [-0.4, -0.2) is 54.7 Å². The van der Waals surface area contributed by atoms with Crippen LogP contribution in [0, 0.1) is 0 Å². The molecule has 4 nitrogen and oxygen atoms in total. The Labute approximate surface area is 92.2 Å². The maximum absolute atomic E-state index is 11.8. The number of carbonyl (C=O) groups excluding carboxylic acids is 1. The number of likely N-dealkylation sites (N-methyl/N-ethyl adjacent to an activating group) is 1. The van der Waals surface area contributed by atoms with Crippen molar-refractivity contribution in [2.24, 2.45) is 0 Å². The van der Waals surface area contributed by atoms with Gasteiger partial charge in [0.25, 0.3) is 0 Å². The molecule has 15 heavy (non-hydrogen) atoms. The van der Waals surface area contributed by atoms with E-state index >= 15 is 0 Å². The molecule has 1 rings (SSSR count). The van der Waals surface area contributed by atoms with E-state index in [1.165, 1.54) is 0 Å². The van der Waals surface area contributed by atoms with Crippen LogP contribution in [0.1, 0.15) is 27.2 Å². The highest BCUT2D eigenvalue weighted by atomic mass is 16.6. The van der Waals surface area contributed by atoms with Crippen molar-refractivity contribution in [1.82, 2.24) is 9.80 Å². The summed E-state index contributed by atoms with van der Waals surface area (Å²) < 4.78 is 5.56. The Hall–Kier alpha value is -0.770. The Morgan fingerprint density at radius 2 is 2.07 bits per heavy atom. The molecule has 1 atom stereocenters. The van der Waals surface area contributed by atoms with E-state index in [1.807, 2.05) is 20.8 Å². The molecule has 1 aliphatic heterocycles. The number of hydrogen-bond acceptors (Lipinski definition) is 3. The number of carbonyl (C=O) groups is 1. The molecular weight excluding hydrogens is 192 g/mol. The van der Waals surface area contributed by atoms with Gasteiger partial charge in [-0.15, -0.1) is 0 Å². The first kappa shape index (κ1) is 12.3. The second-order valence-electron chi connectivity index (χ2n) is 4.48. The van der Waals surface area contributed by atoms with Crippen LogP contribution in [0.15, 0.2) is 0 Å². The van der Waals surface area contributed by atoms with Gasteiger partial charge in [-0.2, -0.15) is 0 Å². The number of rotatable bonds is 3. The lowest BCUT2D eigenvalue weighted by molar-refractivity contribution is 0.0112. The molecule has 1 amide bonds. The lowest BCUT2D eigenvalue weighted by Gasteiger charge is -2.28. The Kier molecular flexibility index (Phi) is 3.97. The van der Waals surface area contributed by atoms with Gasteiger partial charge in [-0.1, -0.05) is 0 Å². The second-order valence-corrected chi connectivity index (χ2v) is 4.48. The van der Waals surface area contributed by atoms with Gasteiger partial charge in [-0.05, 0) is 27.8 Å². The quantitative estimate of drug-likeness (QED) is 0.714. The molecule has 1 saturated heterocycles. The molecule has 0 unspecified atom stereocenters. The van der Waals surface area contributed by atoms with Crippen LogP contribution in [0.5, 0.6) is 0 Å². The third kappa shape index (κ3) is 3.09. The van der Waals surface area contributed by atoms with Gasteiger partial charge in [0, 0.05) is 32.6 Å². The van der Waals surface area contributed by atoms with Crippen LogP contribution >= 0.6 is 0 Å². The predicted molar refractivity (Wildman–Crippen MR) is 59.9 cm³/mol. The van der Waals surface area contributed by atoms with E-state index in [0.717, 1.165) is 19.5 Å². The van der Waals surface area contributed by atoms with Crippen LogP contribution in [-0.2, 0) is 4.74 Å². The predicted octanol–water partition coefficient (Wildman–Crippen LogP) is 1.56. The SMILES string of the molecule is CCN(CC)C(=O)O[C@]1(C)CCN(C)C1. The Morgan fingerprint density at radius 3 is 2.47 bits per heavy atom. The monoisotopic (exact) mass is 214 g/mol. The zero-order valence-corrected chi connectivity index (χ0v) is 10.2. The average molecular weight is 214 g/mol. The molecule has 0 aromatic rings. The maximum atomic E-state index is 11.8. The van der Waals surface area contributed by atoms with Gasteiger partial charge < -0.3 is 14.5 Å². The molecule has 0 aromatic carbocycles. The third-order valence-corrected chi connectivity index (χ3v) is 2.98. The molecule has 1 fully saturated rings. The minimum absolute atomic E-state index is 0.183. The molecule has 88 valence electrons. The number of likely N-dealkylation sites (tertiary alicyclic amines) is 1. The summed E-state index contributed by atoms with van der Waals surface area (Å²) in [4.78, 5) is 15.7. The summed E-state index contributed by atoms with van der Waals surface area (Å²) in [5.74, 6) is 0. The zero-order valence-electron chi connectivity index (χ0n) is 10.2. The Morgan fingerprint density at radius 1 is 1.47 bits per heavy atom. The largest absolute Gasteiger partial charge is 0.442 e. The van der Waals surface area contributed by atoms with Crippen molar-refractivity contribution in [3.8, 4) is 0 Å². The van der Waals surface area contributed by atoms with E-state index in [9.17, 15) is 4.79 Å². The fraction of sp³-hybridized carbons (Fsp3) is 0.909. The standard InChI is InChI=1S/C11H22N2O2/c1-5-13(6-2)10(14)15-11(3)7-8-12(4)9-11/h5-9H2,1-4H3/t11-/m1/s1. The minimum atomic E-state index is -0.297. The van der Waals surface area contributed by atoms with Crippen molar-refractivity contribution < 1.29 is 9.53 Å². The minimum Gasteiger partial charge on any atom is -0.442 e. The molecule has 0 spiro atoms. The Balaban J connectivity index is 2.50. The molecule has 0 aromatic heterocycles. The Bertz CT molecular complexity index is 229. The van der Waals surface area contributed by atoms with Gasteiger partial charge >= 0.3 is 6.09 Å². The summed E-state index contributed by atoms with van der Waals surface area (Å²) in [6.45, 7) is 9.20. The van der Waals surface area contributed by atoms with E-state index < -0.39 is 0 Å². The first-order valence-electron chi connectivity index (χ1n) is 5.67. The van der Waals surface area contributed by atoms with Gasteiger partial charge in [-0.25, -0.2) is 4.79 Å². The lowest BCUT2D eigenvalue weighted by atomic mass is 10.1. The van der Waals surface area contributed by atoms with Crippen LogP contribution < -0.4 is 0 Å². The first-order chi connectivity index (χ1) is 7.00. The zero-order chi connectivity index (χ0) is 11.5. The van der Waals surface area contributed by atoms with Gasteiger partial charge in [0.2, 0.25) is 0 Å². The number of ether oxygens (including phenoxy) is 1. The average Bonchev–Trinajstić information content (AvgIpc) is 2.47. The molecule has 4 heteroatoms. The molecule has 0 N–H and O–H groups in total. The molecule has 0 aliphatic carbocycles. The molecule has 0 saturated carbocycles. The molecule has 1 aliphatic rings. The molecule has 0 radical (unpaired) electrons. The molecule has 0 bridgehead atoms. The van der Waals surface area contributed by atoms with Gasteiger partial charge in [0.05, 0.1) is 0 Å². The normalized spacial score (nSPS) is 26.7. The van der Waals surface area contributed by atoms with Crippen LogP contribution in [0.25, 0.3) is 0 Å². The first-order valence-corrected chi connectivity index (χ1v) is 5.67. The van der Waals surface area contributed by atoms with Crippen molar-refractivity contribution in [1.29, 1.82) is 0 Å². The summed E-state index contributed by atoms with van der Waals surface area (Å²) in [5, 5.41) is 0. The van der Waals surface area contributed by atoms with Gasteiger partial charge in [0.1, 0.15) is 5.60 Å². The summed E-state index contributed by atoms with van der Waals surface area (Å²) in [6.07, 6.45) is 0.744. The van der Waals surface area contributed by atoms with Crippen molar-refractivity contribution in [2.75, 3.05) is 33.2 Å². The van der Waals surface area contributed by atoms with Crippen molar-refractivity contribution in [3.63, 3.8) is 0 Å². The number of nitrogens with zero attached hydrogens (tertiary/aromatic N) is 2. The van der Waals surface area contributed by atoms with E-state index in [4.69, 9.17) is 4.74 Å². The number of hydrogen-bond donors (Lipinski definition) is 0. The van der Waals surface area contributed by atoms with Crippen LogP contribution in [0.3, 0.4) is 0 Å². The third-order valence-electron chi connectivity index (χ3n) is 2.98. The summed E-state index contributed by atoms with van der Waals surface area (Å²) in [5.41, 5.74) is -0.297. The topological polar surface area (TPSA) is 32.8 Å². The van der Waals surface area contributed by atoms with Crippen molar-refractivity contribution in [3.05, 3.63) is 0 Å². The lowest BCUT2D eigenvalue weighted by Crippen LogP contribution is -2.40.